The summed E-state index contributed by atoms with van der Waals surface area (Å²) >= 11 is 14.8. The van der Waals surface area contributed by atoms with Crippen LogP contribution in [0.15, 0.2) is 10.8 Å². The van der Waals surface area contributed by atoms with Crippen LogP contribution in [0.2, 0.25) is 25.7 Å². The van der Waals surface area contributed by atoms with Crippen LogP contribution in [0.3, 0.4) is 0 Å². The van der Waals surface area contributed by atoms with E-state index in [0.717, 1.165) is 17.4 Å². The van der Waals surface area contributed by atoms with E-state index in [1.165, 1.54) is 30.6 Å². The molecule has 0 radical (unpaired) electrons. The molecule has 2 heterocycles. The first kappa shape index (κ1) is 50.5. The van der Waals surface area contributed by atoms with Crippen LogP contribution in [0.5, 0.6) is 0 Å². The van der Waals surface area contributed by atoms with Crippen molar-refractivity contribution in [3.05, 3.63) is 32.2 Å². The number of amides is 2. The number of thiazole rings is 2. The second-order valence-corrected chi connectivity index (χ2v) is 27.2. The molecular formula is C39H62Cl2N4O9S2Si. The number of esters is 2. The lowest BCUT2D eigenvalue weighted by molar-refractivity contribution is -0.175. The fourth-order valence-electron chi connectivity index (χ4n) is 5.46. The molecule has 2 aromatic heterocycles. The molecule has 0 aliphatic carbocycles. The summed E-state index contributed by atoms with van der Waals surface area (Å²) in [5, 5.41) is 20.3. The van der Waals surface area contributed by atoms with E-state index in [0.29, 0.717) is 24.3 Å². The number of carbonyl (C=O) groups excluding carboxylic acids is 5. The number of ketones is 1. The van der Waals surface area contributed by atoms with E-state index in [-0.39, 0.29) is 41.9 Å². The molecule has 3 N–H and O–H groups in total. The maximum Gasteiger partial charge on any atom is 0.408 e. The number of rotatable bonds is 21. The van der Waals surface area contributed by atoms with Gasteiger partial charge < -0.3 is 30.0 Å². The number of aliphatic hydroxyl groups is 1. The van der Waals surface area contributed by atoms with Crippen molar-refractivity contribution >= 4 is 83.7 Å². The third-order valence-corrected chi connectivity index (χ3v) is 13.0. The lowest BCUT2D eigenvalue weighted by atomic mass is 9.73. The highest BCUT2D eigenvalue weighted by atomic mass is 35.5. The summed E-state index contributed by atoms with van der Waals surface area (Å²) in [6.45, 7) is 23.3. The minimum atomic E-state index is -1.62. The molecule has 0 saturated heterocycles. The first-order valence-corrected chi connectivity index (χ1v) is 25.4. The Balaban J connectivity index is 2.39. The van der Waals surface area contributed by atoms with E-state index in [1.54, 1.807) is 46.9 Å². The predicted octanol–water partition coefficient (Wildman–Crippen LogP) is 9.07. The van der Waals surface area contributed by atoms with Gasteiger partial charge in [-0.2, -0.15) is 0 Å². The molecule has 0 spiro atoms. The van der Waals surface area contributed by atoms with Crippen LogP contribution in [0, 0.1) is 17.3 Å². The second kappa shape index (κ2) is 20.6. The second-order valence-electron chi connectivity index (χ2n) is 17.9. The van der Waals surface area contributed by atoms with Crippen molar-refractivity contribution in [2.75, 3.05) is 13.2 Å². The van der Waals surface area contributed by atoms with Gasteiger partial charge in [0.25, 0.3) is 0 Å². The summed E-state index contributed by atoms with van der Waals surface area (Å²) in [6, 6.07) is 0.211. The Bertz CT molecular complexity index is 1690. The van der Waals surface area contributed by atoms with Gasteiger partial charge in [0.2, 0.25) is 5.91 Å². The number of alkyl carbamates (subject to hydrolysis) is 1. The van der Waals surface area contributed by atoms with Crippen molar-refractivity contribution < 1.29 is 43.3 Å². The van der Waals surface area contributed by atoms with E-state index >= 15 is 0 Å². The van der Waals surface area contributed by atoms with Crippen LogP contribution in [0.4, 0.5) is 4.79 Å². The number of hydrogen-bond donors (Lipinski definition) is 3. The van der Waals surface area contributed by atoms with Crippen molar-refractivity contribution in [3.63, 3.8) is 0 Å². The van der Waals surface area contributed by atoms with Crippen molar-refractivity contribution in [1.82, 2.24) is 20.6 Å². The quantitative estimate of drug-likeness (QED) is 0.0357. The molecule has 0 saturated carbocycles. The average molecular weight is 894 g/mol. The van der Waals surface area contributed by atoms with Crippen LogP contribution in [-0.2, 0) is 23.8 Å². The van der Waals surface area contributed by atoms with Crippen molar-refractivity contribution in [2.24, 2.45) is 17.3 Å². The van der Waals surface area contributed by atoms with Crippen LogP contribution in [0.25, 0.3) is 0 Å². The number of nitrogens with zero attached hydrogens (tertiary/aromatic N) is 2. The van der Waals surface area contributed by atoms with Gasteiger partial charge >= 0.3 is 18.0 Å². The van der Waals surface area contributed by atoms with Crippen molar-refractivity contribution in [1.29, 1.82) is 0 Å². The Morgan fingerprint density at radius 1 is 0.930 bits per heavy atom. The van der Waals surface area contributed by atoms with Crippen LogP contribution >= 0.6 is 45.9 Å². The van der Waals surface area contributed by atoms with Gasteiger partial charge in [-0.1, -0.05) is 39.9 Å². The first-order valence-electron chi connectivity index (χ1n) is 19.1. The van der Waals surface area contributed by atoms with E-state index in [4.69, 9.17) is 37.4 Å². The third kappa shape index (κ3) is 16.9. The smallest absolute Gasteiger partial charge is 0.408 e. The number of ether oxygens (including phenoxy) is 3. The van der Waals surface area contributed by atoms with Gasteiger partial charge in [0.05, 0.1) is 18.1 Å². The Morgan fingerprint density at radius 2 is 1.51 bits per heavy atom. The third-order valence-electron chi connectivity index (χ3n) is 9.09. The Morgan fingerprint density at radius 3 is 2.05 bits per heavy atom. The maximum atomic E-state index is 14.4. The standard InChI is InChI=1S/C39H62Cl2N4O9S2Si/c1-14-23(2)28(45-27(46)20-42-35(50)54-36(3,4)5)31-43-25(21-55-31)29(47)24(16-15-17-39(10,40)41)37(6,7)34(49)53-30(38(8,9)51)32-44-26(22-56-32)33(48)52-18-19-57(11,12)13/h21-24,28,30,51H,14-20H2,1-13H3,(H,42,50)(H,45,46)/t23-,24+,28-,30+/m0/s1. The zero-order valence-electron chi connectivity index (χ0n) is 35.6. The van der Waals surface area contributed by atoms with Gasteiger partial charge in [-0.25, -0.2) is 19.6 Å². The number of hydrogen-bond acceptors (Lipinski definition) is 13. The van der Waals surface area contributed by atoms with Crippen LogP contribution in [0.1, 0.15) is 138 Å². The Kier molecular flexibility index (Phi) is 18.2. The first-order chi connectivity index (χ1) is 25.9. The zero-order valence-corrected chi connectivity index (χ0v) is 39.7. The zero-order chi connectivity index (χ0) is 43.7. The van der Waals surface area contributed by atoms with Gasteiger partial charge in [0.15, 0.2) is 17.6 Å². The molecule has 0 fully saturated rings. The molecule has 2 amide bonds. The maximum absolute atomic E-state index is 14.4. The summed E-state index contributed by atoms with van der Waals surface area (Å²) in [6.07, 6.45) is -0.425. The van der Waals surface area contributed by atoms with Gasteiger partial charge in [-0.15, -0.1) is 45.9 Å². The van der Waals surface area contributed by atoms with E-state index in [9.17, 15) is 29.1 Å². The minimum absolute atomic E-state index is 0.0407. The molecule has 0 aliphatic rings. The fraction of sp³-hybridized carbons (Fsp3) is 0.718. The molecule has 0 aliphatic heterocycles. The summed E-state index contributed by atoms with van der Waals surface area (Å²) in [7, 11) is -1.44. The number of aromatic nitrogens is 2. The molecule has 2 aromatic rings. The Labute approximate surface area is 356 Å². The molecule has 57 heavy (non-hydrogen) atoms. The molecule has 4 atom stereocenters. The SMILES string of the molecule is CC[C@H](C)[C@H](NC(=O)CNC(=O)OC(C)(C)C)c1nc(C(=O)[C@@H](CCCC(C)(Cl)Cl)C(C)(C)C(=O)O[C@H](c2nc(C(=O)OCC[Si](C)(C)C)cs2)C(C)(C)O)cs1. The van der Waals surface area contributed by atoms with Crippen molar-refractivity contribution in [3.8, 4) is 0 Å². The molecule has 0 aromatic carbocycles. The van der Waals surface area contributed by atoms with Gasteiger partial charge in [-0.3, -0.25) is 14.4 Å². The Hall–Kier alpha value is -2.63. The van der Waals surface area contributed by atoms with Gasteiger partial charge in [0.1, 0.15) is 37.8 Å². The minimum Gasteiger partial charge on any atom is -0.461 e. The number of halogens is 2. The molecule has 2 rings (SSSR count). The lowest BCUT2D eigenvalue weighted by Gasteiger charge is -2.35. The number of alkyl halides is 2. The summed E-state index contributed by atoms with van der Waals surface area (Å²) in [4.78, 5) is 75.6. The van der Waals surface area contributed by atoms with Gasteiger partial charge in [-0.05, 0) is 86.6 Å². The predicted molar refractivity (Wildman–Crippen MR) is 228 cm³/mol. The largest absolute Gasteiger partial charge is 0.461 e. The summed E-state index contributed by atoms with van der Waals surface area (Å²) in [5.74, 6) is -3.34. The normalized spacial score (nSPS) is 14.9. The van der Waals surface area contributed by atoms with E-state index < -0.39 is 76.8 Å². The fourth-order valence-corrected chi connectivity index (χ4v) is 8.42. The van der Waals surface area contributed by atoms with Crippen LogP contribution < -0.4 is 10.6 Å². The van der Waals surface area contributed by atoms with Crippen molar-refractivity contribution in [2.45, 2.75) is 148 Å². The molecule has 0 bridgehead atoms. The topological polar surface area (TPSA) is 183 Å². The average Bonchev–Trinajstić information content (AvgIpc) is 3.75. The summed E-state index contributed by atoms with van der Waals surface area (Å²) in [5.41, 5.74) is -3.67. The molecular weight excluding hydrogens is 832 g/mol. The van der Waals surface area contributed by atoms with E-state index in [1.807, 2.05) is 13.8 Å². The van der Waals surface area contributed by atoms with Crippen LogP contribution in [-0.4, -0.2) is 81.6 Å². The highest BCUT2D eigenvalue weighted by Crippen LogP contribution is 2.41. The summed E-state index contributed by atoms with van der Waals surface area (Å²) < 4.78 is 15.6. The molecule has 13 nitrogen and oxygen atoms in total. The molecule has 0 unspecified atom stereocenters. The van der Waals surface area contributed by atoms with E-state index in [2.05, 4.69) is 40.2 Å². The number of Topliss-reactive ketones (excluding diaryl/α,β-unsaturated/α-hetero) is 1. The molecule has 18 heteroatoms. The number of nitrogens with one attached hydrogen (secondary N) is 2. The highest BCUT2D eigenvalue weighted by molar-refractivity contribution is 7.10. The number of carbonyl (C=O) groups is 5. The highest BCUT2D eigenvalue weighted by Gasteiger charge is 2.46. The monoisotopic (exact) mass is 892 g/mol. The molecule has 322 valence electrons. The lowest BCUT2D eigenvalue weighted by Crippen LogP contribution is -2.43. The van der Waals surface area contributed by atoms with Gasteiger partial charge in [0, 0.05) is 24.8 Å².